The Balaban J connectivity index is 2.26. The van der Waals surface area contributed by atoms with Gasteiger partial charge in [-0.3, -0.25) is 4.79 Å². The van der Waals surface area contributed by atoms with Crippen LogP contribution < -0.4 is 4.90 Å². The molecule has 1 aliphatic heterocycles. The monoisotopic (exact) mass is 231 g/mol. The van der Waals surface area contributed by atoms with E-state index in [-0.39, 0.29) is 12.5 Å². The first kappa shape index (κ1) is 11.4. The van der Waals surface area contributed by atoms with Gasteiger partial charge in [-0.1, -0.05) is 0 Å². The van der Waals surface area contributed by atoms with Crippen molar-refractivity contribution in [3.8, 4) is 6.07 Å². The summed E-state index contributed by atoms with van der Waals surface area (Å²) in [6.07, 6.45) is 3.49. The van der Waals surface area contributed by atoms with Gasteiger partial charge in [0, 0.05) is 18.8 Å². The number of rotatable bonds is 3. The van der Waals surface area contributed by atoms with Crippen LogP contribution in [0.3, 0.4) is 0 Å². The average molecular weight is 231 g/mol. The lowest BCUT2D eigenvalue weighted by atomic mass is 10.1. The zero-order valence-electron chi connectivity index (χ0n) is 9.33. The van der Waals surface area contributed by atoms with Crippen LogP contribution in [0.5, 0.6) is 0 Å². The van der Waals surface area contributed by atoms with Crippen LogP contribution in [-0.2, 0) is 4.79 Å². The Bertz CT molecular complexity index is 467. The molecule has 1 unspecified atom stereocenters. The van der Waals surface area contributed by atoms with E-state index in [1.165, 1.54) is 0 Å². The maximum absolute atomic E-state index is 10.8. The zero-order valence-corrected chi connectivity index (χ0v) is 9.33. The Hall–Kier alpha value is -2.09. The highest BCUT2D eigenvalue weighted by atomic mass is 16.4. The minimum atomic E-state index is -0.802. The van der Waals surface area contributed by atoms with E-state index in [9.17, 15) is 4.79 Å². The van der Waals surface area contributed by atoms with Gasteiger partial charge < -0.3 is 10.0 Å². The van der Waals surface area contributed by atoms with Crippen molar-refractivity contribution in [3.63, 3.8) is 0 Å². The first-order chi connectivity index (χ1) is 8.22. The molecule has 0 amide bonds. The number of carboxylic acid groups (broad SMARTS) is 1. The van der Waals surface area contributed by atoms with E-state index in [1.54, 1.807) is 12.3 Å². The van der Waals surface area contributed by atoms with Crippen molar-refractivity contribution in [1.82, 2.24) is 4.98 Å². The maximum atomic E-state index is 10.8. The van der Waals surface area contributed by atoms with E-state index in [4.69, 9.17) is 10.4 Å². The van der Waals surface area contributed by atoms with Crippen LogP contribution in [0.4, 0.5) is 5.69 Å². The Morgan fingerprint density at radius 1 is 1.71 bits per heavy atom. The highest BCUT2D eigenvalue weighted by Crippen LogP contribution is 2.28. The molecule has 0 spiro atoms. The number of carbonyl (C=O) groups is 1. The largest absolute Gasteiger partial charge is 0.481 e. The van der Waals surface area contributed by atoms with Crippen molar-refractivity contribution in [2.75, 3.05) is 11.4 Å². The number of anilines is 1. The SMILES string of the molecule is N#Cc1ncccc1N1CCCC1CC(=O)O. The van der Waals surface area contributed by atoms with Gasteiger partial charge in [0.1, 0.15) is 6.07 Å². The second-order valence-electron chi connectivity index (χ2n) is 4.07. The molecule has 5 heteroatoms. The molecule has 88 valence electrons. The number of carboxylic acids is 1. The molecular weight excluding hydrogens is 218 g/mol. The lowest BCUT2D eigenvalue weighted by Gasteiger charge is -2.25. The third-order valence-electron chi connectivity index (χ3n) is 2.99. The van der Waals surface area contributed by atoms with Gasteiger partial charge in [-0.05, 0) is 25.0 Å². The minimum Gasteiger partial charge on any atom is -0.481 e. The summed E-state index contributed by atoms with van der Waals surface area (Å²) in [4.78, 5) is 16.8. The fraction of sp³-hybridized carbons (Fsp3) is 0.417. The van der Waals surface area contributed by atoms with Gasteiger partial charge in [-0.15, -0.1) is 0 Å². The van der Waals surface area contributed by atoms with Crippen LogP contribution in [0.2, 0.25) is 0 Å². The number of hydrogen-bond acceptors (Lipinski definition) is 4. The van der Waals surface area contributed by atoms with Crippen molar-refractivity contribution < 1.29 is 9.90 Å². The van der Waals surface area contributed by atoms with Gasteiger partial charge in [0.2, 0.25) is 0 Å². The number of nitrogens with zero attached hydrogens (tertiary/aromatic N) is 3. The van der Waals surface area contributed by atoms with Gasteiger partial charge in [0.05, 0.1) is 12.1 Å². The van der Waals surface area contributed by atoms with Gasteiger partial charge >= 0.3 is 5.97 Å². The standard InChI is InChI=1S/C12H13N3O2/c13-8-10-11(4-1-5-14-10)15-6-2-3-9(15)7-12(16)17/h1,4-5,9H,2-3,6-7H2,(H,16,17). The predicted octanol–water partition coefficient (Wildman–Crippen LogP) is 1.40. The second kappa shape index (κ2) is 4.83. The molecule has 2 heterocycles. The Morgan fingerprint density at radius 3 is 3.24 bits per heavy atom. The fourth-order valence-corrected chi connectivity index (χ4v) is 2.28. The quantitative estimate of drug-likeness (QED) is 0.850. The smallest absolute Gasteiger partial charge is 0.305 e. The average Bonchev–Trinajstić information content (AvgIpc) is 2.76. The predicted molar refractivity (Wildman–Crippen MR) is 61.6 cm³/mol. The number of aliphatic carboxylic acids is 1. The molecule has 1 fully saturated rings. The molecule has 0 bridgehead atoms. The molecule has 0 aliphatic carbocycles. The van der Waals surface area contributed by atoms with Crippen LogP contribution in [-0.4, -0.2) is 28.6 Å². The molecule has 0 aromatic carbocycles. The summed E-state index contributed by atoms with van der Waals surface area (Å²) < 4.78 is 0. The fourth-order valence-electron chi connectivity index (χ4n) is 2.28. The molecule has 5 nitrogen and oxygen atoms in total. The first-order valence-corrected chi connectivity index (χ1v) is 5.56. The Labute approximate surface area is 99.3 Å². The summed E-state index contributed by atoms with van der Waals surface area (Å²) in [5.41, 5.74) is 1.11. The van der Waals surface area contributed by atoms with Gasteiger partial charge in [-0.25, -0.2) is 4.98 Å². The van der Waals surface area contributed by atoms with Crippen LogP contribution in [0, 0.1) is 11.3 Å². The van der Waals surface area contributed by atoms with Crippen LogP contribution >= 0.6 is 0 Å². The number of aromatic nitrogens is 1. The lowest BCUT2D eigenvalue weighted by Crippen LogP contribution is -2.31. The normalized spacial score (nSPS) is 19.0. The van der Waals surface area contributed by atoms with E-state index in [2.05, 4.69) is 4.98 Å². The molecular formula is C12H13N3O2. The summed E-state index contributed by atoms with van der Waals surface area (Å²) >= 11 is 0. The van der Waals surface area contributed by atoms with Gasteiger partial charge in [0.25, 0.3) is 0 Å². The summed E-state index contributed by atoms with van der Waals surface area (Å²) in [6, 6.07) is 5.62. The van der Waals surface area contributed by atoms with Crippen molar-refractivity contribution in [2.45, 2.75) is 25.3 Å². The third-order valence-corrected chi connectivity index (χ3v) is 2.99. The van der Waals surface area contributed by atoms with Crippen molar-refractivity contribution in [2.24, 2.45) is 0 Å². The highest BCUT2D eigenvalue weighted by molar-refractivity contribution is 5.69. The number of hydrogen-bond donors (Lipinski definition) is 1. The number of pyridine rings is 1. The van der Waals surface area contributed by atoms with E-state index in [0.29, 0.717) is 5.69 Å². The van der Waals surface area contributed by atoms with Crippen LogP contribution in [0.15, 0.2) is 18.3 Å². The third kappa shape index (κ3) is 2.36. The highest BCUT2D eigenvalue weighted by Gasteiger charge is 2.28. The van der Waals surface area contributed by atoms with Crippen molar-refractivity contribution in [3.05, 3.63) is 24.0 Å². The van der Waals surface area contributed by atoms with E-state index in [0.717, 1.165) is 25.1 Å². The summed E-state index contributed by atoms with van der Waals surface area (Å²) in [5, 5.41) is 17.8. The molecule has 1 aromatic rings. The second-order valence-corrected chi connectivity index (χ2v) is 4.07. The van der Waals surface area contributed by atoms with E-state index >= 15 is 0 Å². The first-order valence-electron chi connectivity index (χ1n) is 5.56. The molecule has 2 rings (SSSR count). The lowest BCUT2D eigenvalue weighted by molar-refractivity contribution is -0.137. The van der Waals surface area contributed by atoms with E-state index in [1.807, 2.05) is 17.0 Å². The van der Waals surface area contributed by atoms with Gasteiger partial charge in [0.15, 0.2) is 5.69 Å². The van der Waals surface area contributed by atoms with Gasteiger partial charge in [-0.2, -0.15) is 5.26 Å². The molecule has 17 heavy (non-hydrogen) atoms. The topological polar surface area (TPSA) is 77.2 Å². The number of nitriles is 1. The molecule has 1 saturated heterocycles. The molecule has 1 atom stereocenters. The molecule has 0 radical (unpaired) electrons. The summed E-state index contributed by atoms with van der Waals surface area (Å²) in [7, 11) is 0. The Morgan fingerprint density at radius 2 is 2.53 bits per heavy atom. The summed E-state index contributed by atoms with van der Waals surface area (Å²) in [5.74, 6) is -0.802. The van der Waals surface area contributed by atoms with Crippen LogP contribution in [0.25, 0.3) is 0 Å². The zero-order chi connectivity index (χ0) is 12.3. The molecule has 0 saturated carbocycles. The summed E-state index contributed by atoms with van der Waals surface area (Å²) in [6.45, 7) is 0.790. The molecule has 1 aromatic heterocycles. The molecule has 1 aliphatic rings. The maximum Gasteiger partial charge on any atom is 0.305 e. The van der Waals surface area contributed by atoms with E-state index < -0.39 is 5.97 Å². The van der Waals surface area contributed by atoms with Crippen LogP contribution in [0.1, 0.15) is 25.0 Å². The molecule has 1 N–H and O–H groups in total. The van der Waals surface area contributed by atoms with Crippen molar-refractivity contribution >= 4 is 11.7 Å². The Kier molecular flexibility index (Phi) is 3.24. The minimum absolute atomic E-state index is 0.0243. The van der Waals surface area contributed by atoms with Crippen molar-refractivity contribution in [1.29, 1.82) is 5.26 Å².